The second-order valence-corrected chi connectivity index (χ2v) is 11.6. The fourth-order valence-corrected chi connectivity index (χ4v) is 5.21. The number of nitrogens with zero attached hydrogens (tertiary/aromatic N) is 3. The average molecular weight is 487 g/mol. The number of aryl methyl sites for hydroxylation is 2. The third kappa shape index (κ3) is 4.40. The highest BCUT2D eigenvalue weighted by Crippen LogP contribution is 2.33. The maximum atomic E-state index is 14.4. The molecule has 3 heterocycles. The van der Waals surface area contributed by atoms with Crippen molar-refractivity contribution in [2.24, 2.45) is 0 Å². The van der Waals surface area contributed by atoms with Gasteiger partial charge in [0, 0.05) is 27.6 Å². The number of fused-ring (bicyclic) bond motifs is 1. The monoisotopic (exact) mass is 486 g/mol. The van der Waals surface area contributed by atoms with E-state index in [4.69, 9.17) is 4.98 Å². The molecule has 0 saturated heterocycles. The number of anilines is 1. The minimum Gasteiger partial charge on any atom is -0.319 e. The highest BCUT2D eigenvalue weighted by molar-refractivity contribution is 7.90. The Morgan fingerprint density at radius 3 is 2.52 bits per heavy atom. The molecule has 172 valence electrons. The van der Waals surface area contributed by atoms with E-state index in [2.05, 4.69) is 10.4 Å². The molecule has 0 radical (unpaired) electrons. The predicted molar refractivity (Wildman–Crippen MR) is 128 cm³/mol. The molecule has 1 N–H and O–H groups in total. The van der Waals surface area contributed by atoms with Crippen LogP contribution in [0.15, 0.2) is 41.4 Å². The van der Waals surface area contributed by atoms with Gasteiger partial charge in [0.1, 0.15) is 5.82 Å². The first-order valence-corrected chi connectivity index (χ1v) is 12.9. The van der Waals surface area contributed by atoms with Crippen LogP contribution in [0.3, 0.4) is 0 Å². The number of aromatic nitrogens is 3. The number of thiophene rings is 1. The van der Waals surface area contributed by atoms with E-state index in [1.807, 2.05) is 33.8 Å². The van der Waals surface area contributed by atoms with Crippen LogP contribution in [0.4, 0.5) is 10.1 Å². The summed E-state index contributed by atoms with van der Waals surface area (Å²) in [6, 6.07) is 6.99. The molecule has 10 heteroatoms. The Morgan fingerprint density at radius 2 is 1.91 bits per heavy atom. The van der Waals surface area contributed by atoms with Crippen molar-refractivity contribution in [1.82, 2.24) is 14.8 Å². The van der Waals surface area contributed by atoms with Gasteiger partial charge in [-0.3, -0.25) is 4.79 Å². The predicted octanol–water partition coefficient (Wildman–Crippen LogP) is 5.15. The van der Waals surface area contributed by atoms with Gasteiger partial charge in [-0.2, -0.15) is 5.10 Å². The topological polar surface area (TPSA) is 94.0 Å². The first kappa shape index (κ1) is 23.1. The lowest BCUT2D eigenvalue weighted by Crippen LogP contribution is -2.15. The van der Waals surface area contributed by atoms with Crippen LogP contribution in [0.2, 0.25) is 0 Å². The van der Waals surface area contributed by atoms with E-state index < -0.39 is 21.6 Å². The number of pyridine rings is 1. The van der Waals surface area contributed by atoms with Gasteiger partial charge < -0.3 is 5.32 Å². The maximum absolute atomic E-state index is 14.4. The smallest absolute Gasteiger partial charge is 0.256 e. The normalized spacial score (nSPS) is 12.0. The van der Waals surface area contributed by atoms with Crippen molar-refractivity contribution in [2.45, 2.75) is 38.6 Å². The number of benzene rings is 1. The standard InChI is InChI=1S/C23H23FN4O3S2/c1-12(2)28-22-18(11-25-28)17(10-20(26-22)16-8-13(3)32-14(16)4)23(29)27-21-9-15(33(5,30)31)6-7-19(21)24/h6-12H,1-5H3,(H,27,29). The summed E-state index contributed by atoms with van der Waals surface area (Å²) in [7, 11) is -3.57. The SMILES string of the molecule is Cc1cc(-c2cc(C(=O)Nc3cc(S(C)(=O)=O)ccc3F)c3cnn(C(C)C)c3n2)c(C)s1. The molecule has 33 heavy (non-hydrogen) atoms. The number of amides is 1. The Bertz CT molecular complexity index is 1500. The van der Waals surface area contributed by atoms with Crippen LogP contribution in [-0.2, 0) is 9.84 Å². The molecule has 0 spiro atoms. The summed E-state index contributed by atoms with van der Waals surface area (Å²) in [5, 5.41) is 7.44. The van der Waals surface area contributed by atoms with E-state index in [9.17, 15) is 17.6 Å². The zero-order valence-corrected chi connectivity index (χ0v) is 20.4. The lowest BCUT2D eigenvalue weighted by molar-refractivity contribution is 0.102. The van der Waals surface area contributed by atoms with Crippen LogP contribution in [-0.4, -0.2) is 35.3 Å². The summed E-state index contributed by atoms with van der Waals surface area (Å²) >= 11 is 1.64. The highest BCUT2D eigenvalue weighted by atomic mass is 32.2. The second kappa shape index (κ2) is 8.35. The molecule has 4 aromatic rings. The Hall–Kier alpha value is -3.11. The minimum absolute atomic E-state index is 0.00959. The Morgan fingerprint density at radius 1 is 1.18 bits per heavy atom. The lowest BCUT2D eigenvalue weighted by atomic mass is 10.1. The van der Waals surface area contributed by atoms with Gasteiger partial charge >= 0.3 is 0 Å². The molecule has 0 saturated carbocycles. The fourth-order valence-electron chi connectivity index (χ4n) is 3.63. The van der Waals surface area contributed by atoms with Gasteiger partial charge in [0.15, 0.2) is 15.5 Å². The molecule has 3 aromatic heterocycles. The molecular weight excluding hydrogens is 463 g/mol. The van der Waals surface area contributed by atoms with Crippen LogP contribution in [0.1, 0.15) is 40.0 Å². The molecule has 0 unspecified atom stereocenters. The maximum Gasteiger partial charge on any atom is 0.256 e. The molecule has 0 fully saturated rings. The second-order valence-electron chi connectivity index (χ2n) is 8.17. The van der Waals surface area contributed by atoms with Crippen LogP contribution >= 0.6 is 11.3 Å². The molecule has 0 bridgehead atoms. The first-order valence-electron chi connectivity index (χ1n) is 10.2. The van der Waals surface area contributed by atoms with Gasteiger partial charge in [-0.05, 0) is 58.0 Å². The van der Waals surface area contributed by atoms with Gasteiger partial charge in [-0.15, -0.1) is 11.3 Å². The van der Waals surface area contributed by atoms with Gasteiger partial charge in [-0.25, -0.2) is 22.5 Å². The van der Waals surface area contributed by atoms with E-state index in [0.29, 0.717) is 16.7 Å². The van der Waals surface area contributed by atoms with Crippen LogP contribution in [0, 0.1) is 19.7 Å². The van der Waals surface area contributed by atoms with Crippen molar-refractivity contribution < 1.29 is 17.6 Å². The van der Waals surface area contributed by atoms with Gasteiger partial charge in [0.25, 0.3) is 5.91 Å². The fraction of sp³-hybridized carbons (Fsp3) is 0.261. The summed E-state index contributed by atoms with van der Waals surface area (Å²) in [5.41, 5.74) is 2.13. The molecule has 0 aliphatic carbocycles. The zero-order chi connectivity index (χ0) is 24.1. The van der Waals surface area contributed by atoms with E-state index in [1.54, 1.807) is 28.3 Å². The van der Waals surface area contributed by atoms with Crippen molar-refractivity contribution in [3.63, 3.8) is 0 Å². The van der Waals surface area contributed by atoms with Crippen molar-refractivity contribution in [3.05, 3.63) is 57.7 Å². The van der Waals surface area contributed by atoms with Gasteiger partial charge in [0.05, 0.1) is 33.4 Å². The van der Waals surface area contributed by atoms with E-state index >= 15 is 0 Å². The minimum atomic E-state index is -3.57. The summed E-state index contributed by atoms with van der Waals surface area (Å²) < 4.78 is 39.9. The Labute approximate surface area is 195 Å². The largest absolute Gasteiger partial charge is 0.319 e. The van der Waals surface area contributed by atoms with Crippen LogP contribution in [0.25, 0.3) is 22.3 Å². The van der Waals surface area contributed by atoms with Crippen molar-refractivity contribution in [2.75, 3.05) is 11.6 Å². The zero-order valence-electron chi connectivity index (χ0n) is 18.8. The molecule has 1 aromatic carbocycles. The molecule has 0 aliphatic heterocycles. The van der Waals surface area contributed by atoms with Crippen LogP contribution < -0.4 is 5.32 Å². The molecule has 0 atom stereocenters. The van der Waals surface area contributed by atoms with Crippen molar-refractivity contribution >= 4 is 43.8 Å². The molecule has 7 nitrogen and oxygen atoms in total. The lowest BCUT2D eigenvalue weighted by Gasteiger charge is -2.12. The number of rotatable bonds is 5. The number of hydrogen-bond donors (Lipinski definition) is 1. The van der Waals surface area contributed by atoms with Crippen molar-refractivity contribution in [1.29, 1.82) is 0 Å². The summed E-state index contributed by atoms with van der Waals surface area (Å²) in [6.07, 6.45) is 2.59. The van der Waals surface area contributed by atoms with E-state index in [0.717, 1.165) is 39.8 Å². The highest BCUT2D eigenvalue weighted by Gasteiger charge is 2.21. The van der Waals surface area contributed by atoms with Gasteiger partial charge in [-0.1, -0.05) is 0 Å². The van der Waals surface area contributed by atoms with Gasteiger partial charge in [0.2, 0.25) is 0 Å². The number of hydrogen-bond acceptors (Lipinski definition) is 6. The molecule has 4 rings (SSSR count). The number of carbonyl (C=O) groups is 1. The summed E-state index contributed by atoms with van der Waals surface area (Å²) in [5.74, 6) is -1.32. The summed E-state index contributed by atoms with van der Waals surface area (Å²) in [6.45, 7) is 7.92. The molecular formula is C23H23FN4O3S2. The van der Waals surface area contributed by atoms with Crippen molar-refractivity contribution in [3.8, 4) is 11.3 Å². The molecule has 1 amide bonds. The number of sulfone groups is 1. The third-order valence-electron chi connectivity index (χ3n) is 5.23. The third-order valence-corrected chi connectivity index (χ3v) is 7.31. The average Bonchev–Trinajstić information content (AvgIpc) is 3.30. The first-order chi connectivity index (χ1) is 15.5. The van der Waals surface area contributed by atoms with E-state index in [1.165, 1.54) is 0 Å². The number of nitrogens with one attached hydrogen (secondary N) is 1. The number of carbonyl (C=O) groups excluding carboxylic acids is 1. The Kier molecular flexibility index (Phi) is 5.83. The summed E-state index contributed by atoms with van der Waals surface area (Å²) in [4.78, 5) is 20.2. The quantitative estimate of drug-likeness (QED) is 0.394. The van der Waals surface area contributed by atoms with Crippen LogP contribution in [0.5, 0.6) is 0 Å². The Balaban J connectivity index is 1.86. The molecule has 0 aliphatic rings. The van der Waals surface area contributed by atoms with E-state index in [-0.39, 0.29) is 22.2 Å². The number of halogens is 1.